The van der Waals surface area contributed by atoms with Crippen molar-refractivity contribution in [2.45, 2.75) is 65.2 Å². The zero-order valence-corrected chi connectivity index (χ0v) is 9.81. The molecule has 14 heavy (non-hydrogen) atoms. The molecule has 2 rings (SSSR count). The molecule has 0 atom stereocenters. The van der Waals surface area contributed by atoms with E-state index in [1.165, 1.54) is 51.4 Å². The van der Waals surface area contributed by atoms with Crippen LogP contribution in [0.1, 0.15) is 65.2 Å². The summed E-state index contributed by atoms with van der Waals surface area (Å²) in [6, 6.07) is 0. The SMILES string of the molecule is CC(=C1CCCC1)C1CCC(C)CC1. The van der Waals surface area contributed by atoms with Crippen LogP contribution in [0.15, 0.2) is 11.1 Å². The minimum atomic E-state index is 0.958. The average molecular weight is 192 g/mol. The standard InChI is InChI=1S/C14H24/c1-11-7-9-14(10-8-11)12(2)13-5-3-4-6-13/h11,14H,3-10H2,1-2H3. The van der Waals surface area contributed by atoms with E-state index < -0.39 is 0 Å². The maximum Gasteiger partial charge on any atom is -0.0203 e. The summed E-state index contributed by atoms with van der Waals surface area (Å²) in [7, 11) is 0. The smallest absolute Gasteiger partial charge is 0.0203 e. The third kappa shape index (κ3) is 2.21. The number of rotatable bonds is 1. The van der Waals surface area contributed by atoms with Crippen LogP contribution in [0.2, 0.25) is 0 Å². The third-order valence-corrected chi connectivity index (χ3v) is 4.39. The predicted molar refractivity (Wildman–Crippen MR) is 62.3 cm³/mol. The molecule has 0 aliphatic heterocycles. The molecule has 2 fully saturated rings. The molecule has 0 N–H and O–H groups in total. The highest BCUT2D eigenvalue weighted by atomic mass is 14.3. The van der Waals surface area contributed by atoms with Gasteiger partial charge in [-0.2, -0.15) is 0 Å². The molecular formula is C14H24. The van der Waals surface area contributed by atoms with Crippen molar-refractivity contribution in [3.63, 3.8) is 0 Å². The summed E-state index contributed by atoms with van der Waals surface area (Å²) in [4.78, 5) is 0. The minimum absolute atomic E-state index is 0.958. The molecule has 0 aromatic heterocycles. The zero-order chi connectivity index (χ0) is 9.97. The maximum atomic E-state index is 2.42. The van der Waals surface area contributed by atoms with Crippen LogP contribution >= 0.6 is 0 Å². The molecular weight excluding hydrogens is 168 g/mol. The Labute approximate surface area is 88.8 Å². The lowest BCUT2D eigenvalue weighted by Crippen LogP contribution is -2.14. The van der Waals surface area contributed by atoms with Crippen molar-refractivity contribution in [3.05, 3.63) is 11.1 Å². The topological polar surface area (TPSA) is 0 Å². The Kier molecular flexibility index (Phi) is 3.30. The third-order valence-electron chi connectivity index (χ3n) is 4.39. The van der Waals surface area contributed by atoms with Gasteiger partial charge >= 0.3 is 0 Å². The largest absolute Gasteiger partial charge is 0.0710 e. The molecule has 0 aromatic carbocycles. The summed E-state index contributed by atoms with van der Waals surface area (Å²) in [5.41, 5.74) is 3.61. The molecule has 80 valence electrons. The summed E-state index contributed by atoms with van der Waals surface area (Å²) in [5, 5.41) is 0. The van der Waals surface area contributed by atoms with E-state index in [0.29, 0.717) is 0 Å². The Morgan fingerprint density at radius 2 is 1.57 bits per heavy atom. The fourth-order valence-corrected chi connectivity index (χ4v) is 3.18. The minimum Gasteiger partial charge on any atom is -0.0710 e. The van der Waals surface area contributed by atoms with Crippen LogP contribution in [0.3, 0.4) is 0 Å². The van der Waals surface area contributed by atoms with Gasteiger partial charge in [0, 0.05) is 0 Å². The number of hydrogen-bond acceptors (Lipinski definition) is 0. The highest BCUT2D eigenvalue weighted by Crippen LogP contribution is 2.37. The average Bonchev–Trinajstić information content (AvgIpc) is 2.71. The normalized spacial score (nSPS) is 33.4. The molecule has 0 radical (unpaired) electrons. The van der Waals surface area contributed by atoms with Crippen LogP contribution in [-0.2, 0) is 0 Å². The van der Waals surface area contributed by atoms with Crippen molar-refractivity contribution in [2.24, 2.45) is 11.8 Å². The van der Waals surface area contributed by atoms with Gasteiger partial charge in [0.15, 0.2) is 0 Å². The van der Waals surface area contributed by atoms with Crippen molar-refractivity contribution in [1.82, 2.24) is 0 Å². The van der Waals surface area contributed by atoms with Crippen molar-refractivity contribution >= 4 is 0 Å². The second kappa shape index (κ2) is 4.51. The Hall–Kier alpha value is -0.260. The van der Waals surface area contributed by atoms with Gasteiger partial charge in [-0.1, -0.05) is 30.9 Å². The Balaban J connectivity index is 1.97. The summed E-state index contributed by atoms with van der Waals surface area (Å²) >= 11 is 0. The molecule has 0 saturated heterocycles. The van der Waals surface area contributed by atoms with Crippen LogP contribution < -0.4 is 0 Å². The van der Waals surface area contributed by atoms with Crippen molar-refractivity contribution in [1.29, 1.82) is 0 Å². The zero-order valence-electron chi connectivity index (χ0n) is 9.81. The van der Waals surface area contributed by atoms with E-state index in [1.807, 2.05) is 5.57 Å². The first-order valence-corrected chi connectivity index (χ1v) is 6.46. The molecule has 0 bridgehead atoms. The van der Waals surface area contributed by atoms with Crippen molar-refractivity contribution in [2.75, 3.05) is 0 Å². The summed E-state index contributed by atoms with van der Waals surface area (Å²) < 4.78 is 0. The van der Waals surface area contributed by atoms with Crippen LogP contribution in [-0.4, -0.2) is 0 Å². The lowest BCUT2D eigenvalue weighted by Gasteiger charge is -2.28. The fraction of sp³-hybridized carbons (Fsp3) is 0.857. The molecule has 0 nitrogen and oxygen atoms in total. The lowest BCUT2D eigenvalue weighted by atomic mass is 9.78. The summed E-state index contributed by atoms with van der Waals surface area (Å²) in [5.74, 6) is 1.95. The Morgan fingerprint density at radius 1 is 1.00 bits per heavy atom. The molecule has 2 saturated carbocycles. The van der Waals surface area contributed by atoms with Crippen LogP contribution in [0.5, 0.6) is 0 Å². The monoisotopic (exact) mass is 192 g/mol. The van der Waals surface area contributed by atoms with E-state index >= 15 is 0 Å². The van der Waals surface area contributed by atoms with Crippen LogP contribution in [0.25, 0.3) is 0 Å². The van der Waals surface area contributed by atoms with Crippen LogP contribution in [0.4, 0.5) is 0 Å². The molecule has 0 heterocycles. The summed E-state index contributed by atoms with van der Waals surface area (Å²) in [6.07, 6.45) is 11.6. The fourth-order valence-electron chi connectivity index (χ4n) is 3.18. The number of hydrogen-bond donors (Lipinski definition) is 0. The highest BCUT2D eigenvalue weighted by Gasteiger charge is 2.22. The van der Waals surface area contributed by atoms with E-state index in [1.54, 1.807) is 5.57 Å². The van der Waals surface area contributed by atoms with Gasteiger partial charge in [-0.3, -0.25) is 0 Å². The molecule has 0 amide bonds. The van der Waals surface area contributed by atoms with Crippen LogP contribution in [0, 0.1) is 11.8 Å². The Bertz CT molecular complexity index is 208. The molecule has 0 spiro atoms. The van der Waals surface area contributed by atoms with E-state index in [4.69, 9.17) is 0 Å². The van der Waals surface area contributed by atoms with Gasteiger partial charge in [-0.05, 0) is 57.3 Å². The predicted octanol–water partition coefficient (Wildman–Crippen LogP) is 4.70. The van der Waals surface area contributed by atoms with Gasteiger partial charge < -0.3 is 0 Å². The molecule has 0 aromatic rings. The second-order valence-electron chi connectivity index (χ2n) is 5.45. The van der Waals surface area contributed by atoms with Crippen molar-refractivity contribution < 1.29 is 0 Å². The molecule has 0 heteroatoms. The van der Waals surface area contributed by atoms with Gasteiger partial charge in [0.25, 0.3) is 0 Å². The highest BCUT2D eigenvalue weighted by molar-refractivity contribution is 5.18. The van der Waals surface area contributed by atoms with E-state index in [2.05, 4.69) is 13.8 Å². The summed E-state index contributed by atoms with van der Waals surface area (Å²) in [6.45, 7) is 4.83. The Morgan fingerprint density at radius 3 is 2.14 bits per heavy atom. The van der Waals surface area contributed by atoms with Gasteiger partial charge in [0.1, 0.15) is 0 Å². The van der Waals surface area contributed by atoms with Gasteiger partial charge in [-0.25, -0.2) is 0 Å². The first-order valence-electron chi connectivity index (χ1n) is 6.46. The van der Waals surface area contributed by atoms with E-state index in [-0.39, 0.29) is 0 Å². The van der Waals surface area contributed by atoms with Gasteiger partial charge in [0.2, 0.25) is 0 Å². The lowest BCUT2D eigenvalue weighted by molar-refractivity contribution is 0.318. The first-order chi connectivity index (χ1) is 6.77. The van der Waals surface area contributed by atoms with Crippen molar-refractivity contribution in [3.8, 4) is 0 Å². The van der Waals surface area contributed by atoms with E-state index in [9.17, 15) is 0 Å². The molecule has 2 aliphatic rings. The quantitative estimate of drug-likeness (QED) is 0.528. The van der Waals surface area contributed by atoms with Gasteiger partial charge in [-0.15, -0.1) is 0 Å². The first kappa shape index (κ1) is 10.3. The molecule has 0 unspecified atom stereocenters. The maximum absolute atomic E-state index is 2.42. The number of allylic oxidation sites excluding steroid dienone is 2. The van der Waals surface area contributed by atoms with Gasteiger partial charge in [0.05, 0.1) is 0 Å². The van der Waals surface area contributed by atoms with E-state index in [0.717, 1.165) is 11.8 Å². The molecule has 2 aliphatic carbocycles. The second-order valence-corrected chi connectivity index (χ2v) is 5.45.